The third-order valence-electron chi connectivity index (χ3n) is 4.99. The van der Waals surface area contributed by atoms with Crippen LogP contribution in [0.4, 0.5) is 10.6 Å². The lowest BCUT2D eigenvalue weighted by Gasteiger charge is -2.29. The van der Waals surface area contributed by atoms with Gasteiger partial charge in [0, 0.05) is 11.6 Å². The van der Waals surface area contributed by atoms with Gasteiger partial charge in [-0.2, -0.15) is 4.68 Å². The van der Waals surface area contributed by atoms with Crippen LogP contribution in [0, 0.1) is 0 Å². The summed E-state index contributed by atoms with van der Waals surface area (Å²) in [7, 11) is 3.79. The Morgan fingerprint density at radius 2 is 1.89 bits per heavy atom. The molecule has 7 heteroatoms. The van der Waals surface area contributed by atoms with Gasteiger partial charge in [-0.25, -0.2) is 4.79 Å². The number of nitrogens with two attached hydrogens (primary N) is 1. The second-order valence-corrected chi connectivity index (χ2v) is 8.38. The van der Waals surface area contributed by atoms with Gasteiger partial charge in [0.2, 0.25) is 0 Å². The molecule has 3 rings (SSSR count). The Balaban J connectivity index is 1.95. The fraction of sp³-hybridized carbons (Fsp3) is 0.524. The molecule has 1 fully saturated rings. The molecule has 0 saturated carbocycles. The number of nitrogens with zero attached hydrogens (tertiary/aromatic N) is 3. The predicted molar refractivity (Wildman–Crippen MR) is 110 cm³/mol. The first-order chi connectivity index (χ1) is 13.2. The van der Waals surface area contributed by atoms with Crippen LogP contribution < -0.4 is 10.5 Å². The molecule has 7 nitrogen and oxygen atoms in total. The summed E-state index contributed by atoms with van der Waals surface area (Å²) in [4.78, 5) is 14.9. The molecule has 1 saturated heterocycles. The summed E-state index contributed by atoms with van der Waals surface area (Å²) in [5.41, 5.74) is 7.82. The first-order valence-corrected chi connectivity index (χ1v) is 9.63. The third-order valence-corrected chi connectivity index (χ3v) is 4.99. The van der Waals surface area contributed by atoms with E-state index in [-0.39, 0.29) is 5.82 Å². The van der Waals surface area contributed by atoms with Crippen LogP contribution in [0.2, 0.25) is 0 Å². The summed E-state index contributed by atoms with van der Waals surface area (Å²) >= 11 is 0. The van der Waals surface area contributed by atoms with Crippen molar-refractivity contribution in [2.24, 2.45) is 0 Å². The second kappa shape index (κ2) is 7.83. The second-order valence-electron chi connectivity index (χ2n) is 8.38. The van der Waals surface area contributed by atoms with E-state index in [1.807, 2.05) is 26.8 Å². The molecule has 1 aromatic heterocycles. The zero-order chi connectivity index (χ0) is 20.5. The molecule has 1 aliphatic heterocycles. The number of aromatic nitrogens is 2. The van der Waals surface area contributed by atoms with Crippen molar-refractivity contribution in [2.45, 2.75) is 45.1 Å². The monoisotopic (exact) mass is 386 g/mol. The fourth-order valence-electron chi connectivity index (χ4n) is 3.55. The molecule has 0 aliphatic carbocycles. The average Bonchev–Trinajstić information content (AvgIpc) is 3.02. The number of hydrogen-bond donors (Lipinski definition) is 1. The number of benzene rings is 1. The quantitative estimate of drug-likeness (QED) is 0.865. The Labute approximate surface area is 166 Å². The largest absolute Gasteiger partial charge is 0.496 e. The van der Waals surface area contributed by atoms with E-state index in [0.29, 0.717) is 17.4 Å². The van der Waals surface area contributed by atoms with Crippen LogP contribution in [0.3, 0.4) is 0 Å². The minimum atomic E-state index is -0.628. The van der Waals surface area contributed by atoms with Crippen LogP contribution in [-0.2, 0) is 4.74 Å². The van der Waals surface area contributed by atoms with Crippen molar-refractivity contribution < 1.29 is 14.3 Å². The van der Waals surface area contributed by atoms with Crippen LogP contribution in [0.25, 0.3) is 11.3 Å². The zero-order valence-electron chi connectivity index (χ0n) is 17.4. The molecule has 152 valence electrons. The Hall–Kier alpha value is -2.54. The number of carbonyl (C=O) groups is 1. The molecule has 0 amide bonds. The molecule has 0 spiro atoms. The van der Waals surface area contributed by atoms with E-state index in [9.17, 15) is 4.79 Å². The number of piperidine rings is 1. The van der Waals surface area contributed by atoms with Gasteiger partial charge in [0.15, 0.2) is 0 Å². The molecule has 1 aromatic carbocycles. The van der Waals surface area contributed by atoms with Crippen molar-refractivity contribution in [3.8, 4) is 17.0 Å². The smallest absolute Gasteiger partial charge is 0.435 e. The van der Waals surface area contributed by atoms with Gasteiger partial charge in [0.05, 0.1) is 12.8 Å². The number of nitrogen functional groups attached to an aromatic ring is 1. The number of ether oxygens (including phenoxy) is 2. The molecular weight excluding hydrogens is 356 g/mol. The number of anilines is 1. The Morgan fingerprint density at radius 3 is 2.50 bits per heavy atom. The summed E-state index contributed by atoms with van der Waals surface area (Å²) in [6.45, 7) is 7.63. The normalized spacial score (nSPS) is 16.2. The maximum absolute atomic E-state index is 12.6. The summed E-state index contributed by atoms with van der Waals surface area (Å²) in [5, 5.41) is 4.13. The molecule has 2 N–H and O–H groups in total. The summed E-state index contributed by atoms with van der Waals surface area (Å²) in [6, 6.07) is 7.81. The molecule has 2 aromatic rings. The minimum absolute atomic E-state index is 0.252. The van der Waals surface area contributed by atoms with Crippen LogP contribution in [0.1, 0.15) is 45.1 Å². The van der Waals surface area contributed by atoms with Crippen LogP contribution in [-0.4, -0.2) is 53.6 Å². The minimum Gasteiger partial charge on any atom is -0.496 e. The van der Waals surface area contributed by atoms with E-state index < -0.39 is 11.7 Å². The number of carbonyl (C=O) groups excluding carboxylic acids is 1. The van der Waals surface area contributed by atoms with Gasteiger partial charge in [-0.1, -0.05) is 6.07 Å². The highest BCUT2D eigenvalue weighted by Crippen LogP contribution is 2.36. The summed E-state index contributed by atoms with van der Waals surface area (Å²) < 4.78 is 12.3. The predicted octanol–water partition coefficient (Wildman–Crippen LogP) is 3.73. The Kier molecular flexibility index (Phi) is 5.65. The van der Waals surface area contributed by atoms with Gasteiger partial charge >= 0.3 is 6.09 Å². The lowest BCUT2D eigenvalue weighted by atomic mass is 9.88. The van der Waals surface area contributed by atoms with Crippen molar-refractivity contribution in [3.63, 3.8) is 0 Å². The molecule has 0 unspecified atom stereocenters. The lowest BCUT2D eigenvalue weighted by Crippen LogP contribution is -2.29. The van der Waals surface area contributed by atoms with Gasteiger partial charge in [-0.3, -0.25) is 0 Å². The number of likely N-dealkylation sites (tertiary alicyclic amines) is 1. The van der Waals surface area contributed by atoms with Crippen molar-refractivity contribution in [3.05, 3.63) is 29.8 Å². The fourth-order valence-corrected chi connectivity index (χ4v) is 3.55. The maximum Gasteiger partial charge on any atom is 0.435 e. The molecule has 1 aliphatic rings. The Bertz CT molecular complexity index is 846. The van der Waals surface area contributed by atoms with Crippen molar-refractivity contribution in [1.82, 2.24) is 14.7 Å². The topological polar surface area (TPSA) is 82.6 Å². The first kappa shape index (κ1) is 20.2. The number of rotatable bonds is 3. The average molecular weight is 386 g/mol. The van der Waals surface area contributed by atoms with Gasteiger partial charge in [0.1, 0.15) is 17.2 Å². The van der Waals surface area contributed by atoms with Crippen LogP contribution in [0.15, 0.2) is 24.3 Å². The van der Waals surface area contributed by atoms with Gasteiger partial charge in [0.25, 0.3) is 0 Å². The first-order valence-electron chi connectivity index (χ1n) is 9.63. The molecule has 28 heavy (non-hydrogen) atoms. The van der Waals surface area contributed by atoms with Gasteiger partial charge < -0.3 is 20.1 Å². The molecule has 2 heterocycles. The van der Waals surface area contributed by atoms with E-state index in [1.54, 1.807) is 13.2 Å². The molecule has 0 bridgehead atoms. The van der Waals surface area contributed by atoms with Gasteiger partial charge in [-0.15, -0.1) is 5.10 Å². The lowest BCUT2D eigenvalue weighted by molar-refractivity contribution is 0.0518. The van der Waals surface area contributed by atoms with E-state index >= 15 is 0 Å². The highest BCUT2D eigenvalue weighted by atomic mass is 16.6. The Morgan fingerprint density at radius 1 is 1.21 bits per heavy atom. The van der Waals surface area contributed by atoms with E-state index in [2.05, 4.69) is 29.2 Å². The molecular formula is C21H30N4O3. The standard InChI is InChI=1S/C21H30N4O3/c1-21(2,3)28-20(26)25-17(13-19(22)23-25)16-7-6-15(12-18(16)27-5)14-8-10-24(4)11-9-14/h6-7,12-14H,8-11H2,1-5H3,(H2,22,23). The number of hydrogen-bond acceptors (Lipinski definition) is 6. The van der Waals surface area contributed by atoms with E-state index in [4.69, 9.17) is 15.2 Å². The highest BCUT2D eigenvalue weighted by molar-refractivity contribution is 5.81. The zero-order valence-corrected chi connectivity index (χ0v) is 17.4. The number of methoxy groups -OCH3 is 1. The van der Waals surface area contributed by atoms with Crippen LogP contribution >= 0.6 is 0 Å². The van der Waals surface area contributed by atoms with E-state index in [1.165, 1.54) is 10.2 Å². The van der Waals surface area contributed by atoms with Crippen molar-refractivity contribution in [1.29, 1.82) is 0 Å². The van der Waals surface area contributed by atoms with E-state index in [0.717, 1.165) is 31.5 Å². The third kappa shape index (κ3) is 4.47. The highest BCUT2D eigenvalue weighted by Gasteiger charge is 2.25. The molecule has 0 atom stereocenters. The van der Waals surface area contributed by atoms with Gasteiger partial charge in [-0.05, 0) is 77.4 Å². The molecule has 0 radical (unpaired) electrons. The van der Waals surface area contributed by atoms with Crippen molar-refractivity contribution in [2.75, 3.05) is 33.0 Å². The summed E-state index contributed by atoms with van der Waals surface area (Å²) in [5.74, 6) is 1.46. The SMILES string of the molecule is COc1cc(C2CCN(C)CC2)ccc1-c1cc(N)nn1C(=O)OC(C)(C)C. The van der Waals surface area contributed by atoms with Crippen LogP contribution in [0.5, 0.6) is 5.75 Å². The van der Waals surface area contributed by atoms with Crippen molar-refractivity contribution >= 4 is 11.9 Å². The summed E-state index contributed by atoms with van der Waals surface area (Å²) in [6.07, 6.45) is 1.68. The maximum atomic E-state index is 12.6.